The van der Waals surface area contributed by atoms with Gasteiger partial charge in [0.05, 0.1) is 12.3 Å². The number of nitrogens with zero attached hydrogens (tertiary/aromatic N) is 2. The molecular formula is C12H18N2O3S. The summed E-state index contributed by atoms with van der Waals surface area (Å²) in [5.41, 5.74) is 0.724. The molecule has 0 unspecified atom stereocenters. The maximum absolute atomic E-state index is 11.2. The van der Waals surface area contributed by atoms with E-state index in [4.69, 9.17) is 4.74 Å². The van der Waals surface area contributed by atoms with Crippen molar-refractivity contribution in [1.82, 2.24) is 9.97 Å². The Hall–Kier alpha value is -1.14. The molecule has 0 aliphatic heterocycles. The smallest absolute Gasteiger partial charge is 0.340 e. The van der Waals surface area contributed by atoms with Crippen molar-refractivity contribution in [3.63, 3.8) is 0 Å². The second kappa shape index (κ2) is 7.33. The monoisotopic (exact) mass is 270 g/mol. The van der Waals surface area contributed by atoms with Gasteiger partial charge >= 0.3 is 5.97 Å². The minimum absolute atomic E-state index is 0.202. The Morgan fingerprint density at radius 2 is 2.11 bits per heavy atom. The number of hydrogen-bond donors (Lipinski definition) is 1. The van der Waals surface area contributed by atoms with Crippen LogP contribution in [0.4, 0.5) is 0 Å². The van der Waals surface area contributed by atoms with Gasteiger partial charge in [0, 0.05) is 18.8 Å². The Kier molecular flexibility index (Phi) is 6.07. The van der Waals surface area contributed by atoms with Gasteiger partial charge < -0.3 is 9.84 Å². The summed E-state index contributed by atoms with van der Waals surface area (Å²) in [5.74, 6) is 0.388. The largest absolute Gasteiger partial charge is 0.478 e. The van der Waals surface area contributed by atoms with Gasteiger partial charge in [-0.15, -0.1) is 11.8 Å². The number of carboxylic acids is 1. The Morgan fingerprint density at radius 1 is 1.39 bits per heavy atom. The van der Waals surface area contributed by atoms with E-state index in [2.05, 4.69) is 9.97 Å². The summed E-state index contributed by atoms with van der Waals surface area (Å²) in [4.78, 5) is 19.7. The van der Waals surface area contributed by atoms with Crippen molar-refractivity contribution in [2.75, 3.05) is 19.0 Å². The van der Waals surface area contributed by atoms with Crippen LogP contribution >= 0.6 is 11.8 Å². The lowest BCUT2D eigenvalue weighted by Crippen LogP contribution is -2.10. The van der Waals surface area contributed by atoms with E-state index < -0.39 is 5.97 Å². The fraction of sp³-hybridized carbons (Fsp3) is 0.583. The lowest BCUT2D eigenvalue weighted by molar-refractivity contribution is 0.0690. The molecule has 0 spiro atoms. The van der Waals surface area contributed by atoms with Crippen LogP contribution in [0.15, 0.2) is 5.03 Å². The molecule has 6 heteroatoms. The predicted molar refractivity (Wildman–Crippen MR) is 70.3 cm³/mol. The van der Waals surface area contributed by atoms with Crippen molar-refractivity contribution in [3.05, 3.63) is 17.1 Å². The van der Waals surface area contributed by atoms with Gasteiger partial charge in [0.2, 0.25) is 0 Å². The van der Waals surface area contributed by atoms with E-state index in [1.165, 1.54) is 11.8 Å². The van der Waals surface area contributed by atoms with E-state index >= 15 is 0 Å². The highest BCUT2D eigenvalue weighted by atomic mass is 32.2. The molecule has 0 aliphatic carbocycles. The van der Waals surface area contributed by atoms with Crippen molar-refractivity contribution < 1.29 is 14.6 Å². The molecule has 0 atom stereocenters. The van der Waals surface area contributed by atoms with Gasteiger partial charge in [-0.25, -0.2) is 14.8 Å². The van der Waals surface area contributed by atoms with E-state index in [-0.39, 0.29) is 5.56 Å². The second-order valence-electron chi connectivity index (χ2n) is 3.61. The van der Waals surface area contributed by atoms with Crippen LogP contribution in [0.25, 0.3) is 0 Å². The summed E-state index contributed by atoms with van der Waals surface area (Å²) in [6, 6.07) is 0. The predicted octanol–water partition coefficient (Wildman–Crippen LogP) is 2.17. The van der Waals surface area contributed by atoms with Gasteiger partial charge in [-0.1, -0.05) is 6.92 Å². The molecule has 0 radical (unpaired) electrons. The number of ether oxygens (including phenoxy) is 1. The van der Waals surface area contributed by atoms with Crippen LogP contribution in [-0.4, -0.2) is 40.0 Å². The molecule has 1 aromatic heterocycles. The van der Waals surface area contributed by atoms with E-state index in [9.17, 15) is 9.90 Å². The number of aromatic carboxylic acids is 1. The quantitative estimate of drug-likeness (QED) is 0.465. The van der Waals surface area contributed by atoms with Crippen LogP contribution in [0.3, 0.4) is 0 Å². The van der Waals surface area contributed by atoms with Crippen molar-refractivity contribution >= 4 is 17.7 Å². The molecule has 0 bridgehead atoms. The zero-order valence-electron chi connectivity index (χ0n) is 10.9. The van der Waals surface area contributed by atoms with Crippen LogP contribution in [0.2, 0.25) is 0 Å². The molecule has 1 N–H and O–H groups in total. The molecule has 1 rings (SSSR count). The topological polar surface area (TPSA) is 72.3 Å². The van der Waals surface area contributed by atoms with Gasteiger partial charge in [-0.05, 0) is 13.8 Å². The molecule has 18 heavy (non-hydrogen) atoms. The van der Waals surface area contributed by atoms with Gasteiger partial charge in [0.25, 0.3) is 0 Å². The Balaban J connectivity index is 2.91. The fourth-order valence-corrected chi connectivity index (χ4v) is 2.40. The van der Waals surface area contributed by atoms with E-state index in [0.29, 0.717) is 41.9 Å². The van der Waals surface area contributed by atoms with Crippen LogP contribution in [0.1, 0.15) is 35.7 Å². The lowest BCUT2D eigenvalue weighted by Gasteiger charge is -2.09. The Bertz CT molecular complexity index is 424. The molecule has 0 amide bonds. The number of carboxylic acid groups (broad SMARTS) is 1. The maximum Gasteiger partial charge on any atom is 0.340 e. The molecule has 100 valence electrons. The first-order chi connectivity index (χ1) is 8.60. The standard InChI is InChI=1S/C12H18N2O3S/c1-4-9-13-8(3)10(12(15)16)11(14-9)18-7-6-17-5-2/h4-7H2,1-3H3,(H,15,16). The summed E-state index contributed by atoms with van der Waals surface area (Å²) >= 11 is 1.40. The summed E-state index contributed by atoms with van der Waals surface area (Å²) in [5, 5.41) is 9.72. The molecular weight excluding hydrogens is 252 g/mol. The Labute approximate surface area is 111 Å². The van der Waals surface area contributed by atoms with Gasteiger partial charge in [0.15, 0.2) is 0 Å². The number of aryl methyl sites for hydroxylation is 2. The van der Waals surface area contributed by atoms with Crippen molar-refractivity contribution in [2.45, 2.75) is 32.2 Å². The molecule has 1 aromatic rings. The zero-order chi connectivity index (χ0) is 13.5. The first kappa shape index (κ1) is 14.9. The molecule has 0 aromatic carbocycles. The van der Waals surface area contributed by atoms with Crippen molar-refractivity contribution in [1.29, 1.82) is 0 Å². The zero-order valence-corrected chi connectivity index (χ0v) is 11.7. The van der Waals surface area contributed by atoms with Gasteiger partial charge in [-0.3, -0.25) is 0 Å². The maximum atomic E-state index is 11.2. The van der Waals surface area contributed by atoms with Crippen molar-refractivity contribution in [3.8, 4) is 0 Å². The second-order valence-corrected chi connectivity index (χ2v) is 4.69. The first-order valence-electron chi connectivity index (χ1n) is 5.91. The highest BCUT2D eigenvalue weighted by Crippen LogP contribution is 2.22. The van der Waals surface area contributed by atoms with Gasteiger partial charge in [0.1, 0.15) is 16.4 Å². The van der Waals surface area contributed by atoms with Crippen LogP contribution in [0, 0.1) is 6.92 Å². The number of rotatable bonds is 7. The molecule has 0 fully saturated rings. The van der Waals surface area contributed by atoms with E-state index in [1.807, 2.05) is 13.8 Å². The van der Waals surface area contributed by atoms with E-state index in [1.54, 1.807) is 6.92 Å². The fourth-order valence-electron chi connectivity index (χ4n) is 1.45. The summed E-state index contributed by atoms with van der Waals surface area (Å²) in [6.07, 6.45) is 0.694. The molecule has 1 heterocycles. The summed E-state index contributed by atoms with van der Waals surface area (Å²) in [7, 11) is 0. The summed E-state index contributed by atoms with van der Waals surface area (Å²) in [6.45, 7) is 6.83. The molecule has 0 aliphatic rings. The van der Waals surface area contributed by atoms with Gasteiger partial charge in [-0.2, -0.15) is 0 Å². The average Bonchev–Trinajstić information content (AvgIpc) is 2.33. The molecule has 0 saturated carbocycles. The third-order valence-electron chi connectivity index (χ3n) is 2.30. The third-order valence-corrected chi connectivity index (χ3v) is 3.24. The first-order valence-corrected chi connectivity index (χ1v) is 6.90. The number of aromatic nitrogens is 2. The van der Waals surface area contributed by atoms with E-state index in [0.717, 1.165) is 0 Å². The SMILES string of the molecule is CCOCCSc1nc(CC)nc(C)c1C(=O)O. The highest BCUT2D eigenvalue weighted by molar-refractivity contribution is 7.99. The lowest BCUT2D eigenvalue weighted by atomic mass is 10.2. The van der Waals surface area contributed by atoms with Crippen LogP contribution in [-0.2, 0) is 11.2 Å². The number of hydrogen-bond acceptors (Lipinski definition) is 5. The number of thioether (sulfide) groups is 1. The highest BCUT2D eigenvalue weighted by Gasteiger charge is 2.17. The molecule has 5 nitrogen and oxygen atoms in total. The van der Waals surface area contributed by atoms with Crippen molar-refractivity contribution in [2.24, 2.45) is 0 Å². The minimum atomic E-state index is -0.978. The minimum Gasteiger partial charge on any atom is -0.478 e. The summed E-state index contributed by atoms with van der Waals surface area (Å²) < 4.78 is 5.23. The average molecular weight is 270 g/mol. The third kappa shape index (κ3) is 3.96. The van der Waals surface area contributed by atoms with Crippen LogP contribution in [0.5, 0.6) is 0 Å². The normalized spacial score (nSPS) is 10.6. The Morgan fingerprint density at radius 3 is 2.67 bits per heavy atom. The van der Waals surface area contributed by atoms with Crippen LogP contribution < -0.4 is 0 Å². The number of carbonyl (C=O) groups is 1. The molecule has 0 saturated heterocycles.